The Kier molecular flexibility index (Phi) is 4.85. The van der Waals surface area contributed by atoms with Gasteiger partial charge in [-0.15, -0.1) is 5.10 Å². The van der Waals surface area contributed by atoms with E-state index in [1.54, 1.807) is 23.3 Å². The summed E-state index contributed by atoms with van der Waals surface area (Å²) in [6.45, 7) is 1.95. The lowest BCUT2D eigenvalue weighted by Crippen LogP contribution is -2.35. The Labute approximate surface area is 174 Å². The lowest BCUT2D eigenvalue weighted by Gasteiger charge is -2.27. The first kappa shape index (κ1) is 18.3. The number of rotatable bonds is 5. The zero-order valence-corrected chi connectivity index (χ0v) is 16.5. The van der Waals surface area contributed by atoms with Crippen LogP contribution in [-0.2, 0) is 11.3 Å². The van der Waals surface area contributed by atoms with Crippen LogP contribution in [0.15, 0.2) is 67.1 Å². The second-order valence-electron chi connectivity index (χ2n) is 7.45. The molecule has 7 heteroatoms. The second-order valence-corrected chi connectivity index (χ2v) is 7.45. The molecule has 4 heterocycles. The molecule has 0 spiro atoms. The van der Waals surface area contributed by atoms with Gasteiger partial charge in [-0.05, 0) is 41.8 Å². The fourth-order valence-corrected chi connectivity index (χ4v) is 3.87. The average Bonchev–Trinajstić information content (AvgIpc) is 3.47. The van der Waals surface area contributed by atoms with Crippen LogP contribution in [0.2, 0.25) is 0 Å². The normalized spacial score (nSPS) is 14.1. The van der Waals surface area contributed by atoms with Gasteiger partial charge in [0.1, 0.15) is 0 Å². The number of nitrogens with one attached hydrogen (secondary N) is 1. The van der Waals surface area contributed by atoms with Gasteiger partial charge >= 0.3 is 0 Å². The Morgan fingerprint density at radius 1 is 1.13 bits per heavy atom. The fourth-order valence-electron chi connectivity index (χ4n) is 3.87. The highest BCUT2D eigenvalue weighted by Gasteiger charge is 2.19. The third-order valence-electron chi connectivity index (χ3n) is 5.46. The van der Waals surface area contributed by atoms with Crippen molar-refractivity contribution in [3.63, 3.8) is 0 Å². The maximum atomic E-state index is 12.7. The van der Waals surface area contributed by atoms with Gasteiger partial charge in [0.2, 0.25) is 5.91 Å². The molecule has 30 heavy (non-hydrogen) atoms. The monoisotopic (exact) mass is 398 g/mol. The molecule has 150 valence electrons. The SMILES string of the molecule is O=C(CCn1ccnn1)N1CCC=C(c2ccc3cc(-c4ccccn4)[nH]c3c2)C1. The predicted molar refractivity (Wildman–Crippen MR) is 115 cm³/mol. The van der Waals surface area contributed by atoms with Crippen LogP contribution in [0.1, 0.15) is 18.4 Å². The van der Waals surface area contributed by atoms with Gasteiger partial charge < -0.3 is 9.88 Å². The van der Waals surface area contributed by atoms with Crippen LogP contribution in [-0.4, -0.2) is 48.9 Å². The van der Waals surface area contributed by atoms with Crippen LogP contribution in [0.3, 0.4) is 0 Å². The summed E-state index contributed by atoms with van der Waals surface area (Å²) in [6, 6.07) is 14.4. The van der Waals surface area contributed by atoms with Gasteiger partial charge in [0.25, 0.3) is 0 Å². The number of aromatic amines is 1. The number of carbonyl (C=O) groups excluding carboxylic acids is 1. The van der Waals surface area contributed by atoms with Gasteiger partial charge in [0, 0.05) is 42.8 Å². The van der Waals surface area contributed by atoms with E-state index in [0.717, 1.165) is 40.8 Å². The van der Waals surface area contributed by atoms with E-state index >= 15 is 0 Å². The van der Waals surface area contributed by atoms with Crippen molar-refractivity contribution >= 4 is 22.4 Å². The van der Waals surface area contributed by atoms with Crippen molar-refractivity contribution in [3.8, 4) is 11.4 Å². The topological polar surface area (TPSA) is 79.7 Å². The number of nitrogens with zero attached hydrogens (tertiary/aromatic N) is 5. The molecule has 1 amide bonds. The summed E-state index contributed by atoms with van der Waals surface area (Å²) in [4.78, 5) is 22.5. The Morgan fingerprint density at radius 3 is 2.93 bits per heavy atom. The van der Waals surface area contributed by atoms with Gasteiger partial charge in [0.15, 0.2) is 0 Å². The molecule has 0 unspecified atom stereocenters. The van der Waals surface area contributed by atoms with Crippen LogP contribution in [0, 0.1) is 0 Å². The molecule has 1 N–H and O–H groups in total. The summed E-state index contributed by atoms with van der Waals surface area (Å²) in [5, 5.41) is 8.86. The van der Waals surface area contributed by atoms with Crippen molar-refractivity contribution in [1.29, 1.82) is 0 Å². The lowest BCUT2D eigenvalue weighted by molar-refractivity contribution is -0.131. The molecular formula is C23H22N6O. The number of aryl methyl sites for hydroxylation is 1. The summed E-state index contributed by atoms with van der Waals surface area (Å²) < 4.78 is 1.69. The minimum absolute atomic E-state index is 0.148. The highest BCUT2D eigenvalue weighted by molar-refractivity contribution is 5.89. The number of pyridine rings is 1. The van der Waals surface area contributed by atoms with Crippen LogP contribution in [0.4, 0.5) is 0 Å². The molecule has 0 saturated heterocycles. The highest BCUT2D eigenvalue weighted by Crippen LogP contribution is 2.27. The first-order valence-corrected chi connectivity index (χ1v) is 10.1. The van der Waals surface area contributed by atoms with E-state index in [2.05, 4.69) is 50.6 Å². The Hall–Kier alpha value is -3.74. The number of hydrogen-bond donors (Lipinski definition) is 1. The summed E-state index contributed by atoms with van der Waals surface area (Å²) >= 11 is 0. The molecule has 0 saturated carbocycles. The van der Waals surface area contributed by atoms with E-state index in [9.17, 15) is 4.79 Å². The van der Waals surface area contributed by atoms with Gasteiger partial charge in [-0.3, -0.25) is 14.5 Å². The minimum atomic E-state index is 0.148. The number of H-pyrrole nitrogens is 1. The van der Waals surface area contributed by atoms with Crippen LogP contribution in [0.5, 0.6) is 0 Å². The van der Waals surface area contributed by atoms with E-state index in [4.69, 9.17) is 0 Å². The van der Waals surface area contributed by atoms with Gasteiger partial charge in [-0.1, -0.05) is 29.5 Å². The maximum Gasteiger partial charge on any atom is 0.224 e. The van der Waals surface area contributed by atoms with E-state index < -0.39 is 0 Å². The third-order valence-corrected chi connectivity index (χ3v) is 5.46. The quantitative estimate of drug-likeness (QED) is 0.558. The molecule has 0 fully saturated rings. The summed E-state index contributed by atoms with van der Waals surface area (Å²) in [7, 11) is 0. The lowest BCUT2D eigenvalue weighted by atomic mass is 10.00. The highest BCUT2D eigenvalue weighted by atomic mass is 16.2. The summed E-state index contributed by atoms with van der Waals surface area (Å²) in [5.41, 5.74) is 5.34. The summed E-state index contributed by atoms with van der Waals surface area (Å²) in [5.74, 6) is 0.148. The van der Waals surface area contributed by atoms with Gasteiger partial charge in [-0.2, -0.15) is 0 Å². The van der Waals surface area contributed by atoms with Crippen LogP contribution >= 0.6 is 0 Å². The van der Waals surface area contributed by atoms with E-state index in [1.165, 1.54) is 5.57 Å². The Morgan fingerprint density at radius 2 is 2.10 bits per heavy atom. The zero-order valence-electron chi connectivity index (χ0n) is 16.5. The molecule has 4 aromatic rings. The van der Waals surface area contributed by atoms with Crippen molar-refractivity contribution < 1.29 is 4.79 Å². The van der Waals surface area contributed by atoms with E-state index in [1.807, 2.05) is 23.1 Å². The average molecular weight is 398 g/mol. The number of fused-ring (bicyclic) bond motifs is 1. The number of amides is 1. The first-order chi connectivity index (χ1) is 14.8. The first-order valence-electron chi connectivity index (χ1n) is 10.1. The number of hydrogen-bond acceptors (Lipinski definition) is 4. The Bertz CT molecular complexity index is 1190. The van der Waals surface area contributed by atoms with Crippen molar-refractivity contribution in [2.24, 2.45) is 0 Å². The Balaban J connectivity index is 1.32. The molecule has 0 aliphatic carbocycles. The van der Waals surface area contributed by atoms with Crippen LogP contribution in [0.25, 0.3) is 27.9 Å². The number of benzene rings is 1. The second kappa shape index (κ2) is 7.94. The van der Waals surface area contributed by atoms with Gasteiger partial charge in [0.05, 0.1) is 24.1 Å². The zero-order chi connectivity index (χ0) is 20.3. The van der Waals surface area contributed by atoms with Crippen LogP contribution < -0.4 is 0 Å². The molecule has 0 bridgehead atoms. The molecular weight excluding hydrogens is 376 g/mol. The molecule has 3 aromatic heterocycles. The van der Waals surface area contributed by atoms with Crippen molar-refractivity contribution in [2.45, 2.75) is 19.4 Å². The molecule has 5 rings (SSSR count). The van der Waals surface area contributed by atoms with E-state index in [0.29, 0.717) is 19.5 Å². The summed E-state index contributed by atoms with van der Waals surface area (Å²) in [6.07, 6.45) is 8.74. The smallest absolute Gasteiger partial charge is 0.224 e. The number of aromatic nitrogens is 5. The molecule has 0 atom stereocenters. The van der Waals surface area contributed by atoms with Gasteiger partial charge in [-0.25, -0.2) is 0 Å². The number of carbonyl (C=O) groups is 1. The van der Waals surface area contributed by atoms with Crippen molar-refractivity contribution in [1.82, 2.24) is 29.9 Å². The van der Waals surface area contributed by atoms with Crippen molar-refractivity contribution in [2.75, 3.05) is 13.1 Å². The molecule has 0 radical (unpaired) electrons. The molecule has 1 aromatic carbocycles. The molecule has 7 nitrogen and oxygen atoms in total. The van der Waals surface area contributed by atoms with Crippen molar-refractivity contribution in [3.05, 3.63) is 72.7 Å². The maximum absolute atomic E-state index is 12.7. The minimum Gasteiger partial charge on any atom is -0.353 e. The standard InChI is InChI=1S/C23H22N6O/c30-23(8-12-29-13-10-25-27-29)28-11-3-4-19(16-28)17-6-7-18-15-22(26-21(18)14-17)20-5-1-2-9-24-20/h1-2,4-7,9-10,13-15,26H,3,8,11-12,16H2. The molecule has 1 aliphatic heterocycles. The fraction of sp³-hybridized carbons (Fsp3) is 0.217. The van der Waals surface area contributed by atoms with E-state index in [-0.39, 0.29) is 5.91 Å². The third kappa shape index (κ3) is 3.74. The molecule has 1 aliphatic rings. The predicted octanol–water partition coefficient (Wildman–Crippen LogP) is 3.53. The largest absolute Gasteiger partial charge is 0.353 e.